The summed E-state index contributed by atoms with van der Waals surface area (Å²) in [5, 5.41) is 17.9. The number of hydrogen-bond acceptors (Lipinski definition) is 3. The van der Waals surface area contributed by atoms with Crippen molar-refractivity contribution in [2.75, 3.05) is 19.6 Å². The maximum atomic E-state index is 9.34. The SMILES string of the molecule is CC(C#N)CN1CCC[C@H](O)C1. The van der Waals surface area contributed by atoms with E-state index in [9.17, 15) is 5.11 Å². The molecule has 1 aliphatic heterocycles. The van der Waals surface area contributed by atoms with Crippen LogP contribution in [-0.4, -0.2) is 35.7 Å². The first-order valence-corrected chi connectivity index (χ1v) is 4.52. The minimum absolute atomic E-state index is 0.0790. The van der Waals surface area contributed by atoms with E-state index in [-0.39, 0.29) is 12.0 Å². The first kappa shape index (κ1) is 9.50. The van der Waals surface area contributed by atoms with Gasteiger partial charge in [0.1, 0.15) is 0 Å². The molecule has 0 amide bonds. The van der Waals surface area contributed by atoms with Gasteiger partial charge in [0.25, 0.3) is 0 Å². The molecule has 0 aromatic rings. The molecule has 0 spiro atoms. The lowest BCUT2D eigenvalue weighted by Crippen LogP contribution is -2.40. The highest BCUT2D eigenvalue weighted by Crippen LogP contribution is 2.11. The summed E-state index contributed by atoms with van der Waals surface area (Å²) < 4.78 is 0. The summed E-state index contributed by atoms with van der Waals surface area (Å²) in [6, 6.07) is 2.20. The number of aliphatic hydroxyl groups excluding tert-OH is 1. The molecule has 0 aliphatic carbocycles. The summed E-state index contributed by atoms with van der Waals surface area (Å²) in [5.74, 6) is 0.0790. The van der Waals surface area contributed by atoms with Gasteiger partial charge in [-0.2, -0.15) is 5.26 Å². The van der Waals surface area contributed by atoms with Gasteiger partial charge in [-0.05, 0) is 26.3 Å². The lowest BCUT2D eigenvalue weighted by molar-refractivity contribution is 0.0669. The number of nitriles is 1. The van der Waals surface area contributed by atoms with Crippen LogP contribution in [0.15, 0.2) is 0 Å². The summed E-state index contributed by atoms with van der Waals surface area (Å²) >= 11 is 0. The van der Waals surface area contributed by atoms with Crippen molar-refractivity contribution in [3.05, 3.63) is 0 Å². The predicted molar refractivity (Wildman–Crippen MR) is 46.5 cm³/mol. The molecule has 1 saturated heterocycles. The third-order valence-corrected chi connectivity index (χ3v) is 2.23. The van der Waals surface area contributed by atoms with Gasteiger partial charge < -0.3 is 5.11 Å². The van der Waals surface area contributed by atoms with E-state index >= 15 is 0 Å². The smallest absolute Gasteiger partial charge is 0.0667 e. The minimum Gasteiger partial charge on any atom is -0.392 e. The third kappa shape index (κ3) is 2.80. The van der Waals surface area contributed by atoms with Crippen LogP contribution in [0, 0.1) is 17.2 Å². The molecule has 0 saturated carbocycles. The minimum atomic E-state index is -0.176. The highest BCUT2D eigenvalue weighted by molar-refractivity contribution is 4.83. The van der Waals surface area contributed by atoms with E-state index in [2.05, 4.69) is 11.0 Å². The monoisotopic (exact) mass is 168 g/mol. The Bertz CT molecular complexity index is 176. The fourth-order valence-corrected chi connectivity index (χ4v) is 1.63. The number of likely N-dealkylation sites (tertiary alicyclic amines) is 1. The fourth-order valence-electron chi connectivity index (χ4n) is 1.63. The summed E-state index contributed by atoms with van der Waals surface area (Å²) in [4.78, 5) is 2.17. The van der Waals surface area contributed by atoms with Gasteiger partial charge in [0.15, 0.2) is 0 Å². The van der Waals surface area contributed by atoms with Crippen LogP contribution in [0.3, 0.4) is 0 Å². The summed E-state index contributed by atoms with van der Waals surface area (Å²) in [7, 11) is 0. The Balaban J connectivity index is 2.28. The zero-order valence-electron chi connectivity index (χ0n) is 7.53. The molecule has 0 bridgehead atoms. The van der Waals surface area contributed by atoms with Crippen molar-refractivity contribution < 1.29 is 5.11 Å². The number of aliphatic hydroxyl groups is 1. The summed E-state index contributed by atoms with van der Waals surface area (Å²) in [6.45, 7) is 4.49. The van der Waals surface area contributed by atoms with Crippen LogP contribution in [-0.2, 0) is 0 Å². The van der Waals surface area contributed by atoms with E-state index in [1.807, 2.05) is 6.92 Å². The van der Waals surface area contributed by atoms with Gasteiger partial charge in [0.2, 0.25) is 0 Å². The quantitative estimate of drug-likeness (QED) is 0.657. The van der Waals surface area contributed by atoms with E-state index in [4.69, 9.17) is 5.26 Å². The van der Waals surface area contributed by atoms with E-state index in [0.717, 1.165) is 32.5 Å². The molecule has 1 N–H and O–H groups in total. The Hall–Kier alpha value is -0.590. The Morgan fingerprint density at radius 2 is 2.50 bits per heavy atom. The molecule has 1 fully saturated rings. The first-order chi connectivity index (χ1) is 5.72. The van der Waals surface area contributed by atoms with E-state index in [1.165, 1.54) is 0 Å². The summed E-state index contributed by atoms with van der Waals surface area (Å²) in [5.41, 5.74) is 0. The number of hydrogen-bond donors (Lipinski definition) is 1. The maximum Gasteiger partial charge on any atom is 0.0667 e. The van der Waals surface area contributed by atoms with Crippen molar-refractivity contribution in [3.63, 3.8) is 0 Å². The van der Waals surface area contributed by atoms with Gasteiger partial charge in [-0.1, -0.05) is 0 Å². The molecule has 3 nitrogen and oxygen atoms in total. The van der Waals surface area contributed by atoms with Gasteiger partial charge in [0.05, 0.1) is 18.1 Å². The lowest BCUT2D eigenvalue weighted by Gasteiger charge is -2.30. The zero-order valence-corrected chi connectivity index (χ0v) is 7.53. The van der Waals surface area contributed by atoms with Crippen molar-refractivity contribution in [3.8, 4) is 6.07 Å². The normalized spacial score (nSPS) is 27.9. The predicted octanol–water partition coefficient (Wildman–Crippen LogP) is 0.603. The van der Waals surface area contributed by atoms with E-state index < -0.39 is 0 Å². The molecule has 68 valence electrons. The Morgan fingerprint density at radius 3 is 3.08 bits per heavy atom. The molecule has 2 atom stereocenters. The molecule has 12 heavy (non-hydrogen) atoms. The van der Waals surface area contributed by atoms with Gasteiger partial charge >= 0.3 is 0 Å². The summed E-state index contributed by atoms with van der Waals surface area (Å²) in [6.07, 6.45) is 1.79. The second-order valence-corrected chi connectivity index (χ2v) is 3.59. The van der Waals surface area contributed by atoms with Crippen molar-refractivity contribution in [1.29, 1.82) is 5.26 Å². The van der Waals surface area contributed by atoms with E-state index in [0.29, 0.717) is 0 Å². The second kappa shape index (κ2) is 4.44. The number of rotatable bonds is 2. The highest BCUT2D eigenvalue weighted by Gasteiger charge is 2.18. The van der Waals surface area contributed by atoms with Crippen LogP contribution in [0.25, 0.3) is 0 Å². The fraction of sp³-hybridized carbons (Fsp3) is 0.889. The van der Waals surface area contributed by atoms with Gasteiger partial charge in [-0.25, -0.2) is 0 Å². The van der Waals surface area contributed by atoms with Crippen molar-refractivity contribution >= 4 is 0 Å². The zero-order chi connectivity index (χ0) is 8.97. The largest absolute Gasteiger partial charge is 0.392 e. The van der Waals surface area contributed by atoms with Crippen LogP contribution in [0.1, 0.15) is 19.8 Å². The van der Waals surface area contributed by atoms with Gasteiger partial charge in [-0.15, -0.1) is 0 Å². The molecule has 1 rings (SSSR count). The molecular weight excluding hydrogens is 152 g/mol. The lowest BCUT2D eigenvalue weighted by atomic mass is 10.1. The van der Waals surface area contributed by atoms with Crippen molar-refractivity contribution in [2.45, 2.75) is 25.9 Å². The molecule has 1 heterocycles. The number of nitrogens with zero attached hydrogens (tertiary/aromatic N) is 2. The first-order valence-electron chi connectivity index (χ1n) is 4.52. The molecule has 0 radical (unpaired) electrons. The van der Waals surface area contributed by atoms with E-state index in [1.54, 1.807) is 0 Å². The average Bonchev–Trinajstić information content (AvgIpc) is 2.04. The van der Waals surface area contributed by atoms with Crippen LogP contribution in [0.5, 0.6) is 0 Å². The van der Waals surface area contributed by atoms with Crippen molar-refractivity contribution in [1.82, 2.24) is 4.90 Å². The Labute approximate surface area is 73.6 Å². The Kier molecular flexibility index (Phi) is 3.51. The average molecular weight is 168 g/mol. The maximum absolute atomic E-state index is 9.34. The molecule has 0 aromatic carbocycles. The molecule has 0 aromatic heterocycles. The molecule has 1 unspecified atom stereocenters. The van der Waals surface area contributed by atoms with Crippen molar-refractivity contribution in [2.24, 2.45) is 5.92 Å². The number of β-amino-alcohol motifs (C(OH)–C–C–N with tert-alkyl or cyclic N) is 1. The molecular formula is C9H16N2O. The third-order valence-electron chi connectivity index (χ3n) is 2.23. The highest BCUT2D eigenvalue weighted by atomic mass is 16.3. The second-order valence-electron chi connectivity index (χ2n) is 3.59. The Morgan fingerprint density at radius 1 is 1.75 bits per heavy atom. The van der Waals surface area contributed by atoms with Gasteiger partial charge in [0, 0.05) is 13.1 Å². The molecule has 3 heteroatoms. The van der Waals surface area contributed by atoms with Crippen LogP contribution in [0.4, 0.5) is 0 Å². The van der Waals surface area contributed by atoms with Crippen LogP contribution < -0.4 is 0 Å². The van der Waals surface area contributed by atoms with Crippen LogP contribution >= 0.6 is 0 Å². The van der Waals surface area contributed by atoms with Gasteiger partial charge in [-0.3, -0.25) is 4.90 Å². The number of piperidine rings is 1. The van der Waals surface area contributed by atoms with Crippen LogP contribution in [0.2, 0.25) is 0 Å². The topological polar surface area (TPSA) is 47.3 Å². The standard InChI is InChI=1S/C9H16N2O/c1-8(5-10)6-11-4-2-3-9(12)7-11/h8-9,12H,2-4,6-7H2,1H3/t8?,9-/m0/s1. The molecule has 1 aliphatic rings.